The highest BCUT2D eigenvalue weighted by Gasteiger charge is 2.21. The van der Waals surface area contributed by atoms with E-state index in [1.54, 1.807) is 42.5 Å². The quantitative estimate of drug-likeness (QED) is 0.783. The van der Waals surface area contributed by atoms with Crippen LogP contribution in [0.2, 0.25) is 5.02 Å². The number of hydrogen-bond donors (Lipinski definition) is 1. The number of carbonyl (C=O) groups excluding carboxylic acids is 1. The minimum atomic E-state index is -3.60. The van der Waals surface area contributed by atoms with Gasteiger partial charge in [0.2, 0.25) is 15.9 Å². The van der Waals surface area contributed by atoms with Crippen LogP contribution in [0.3, 0.4) is 0 Å². The van der Waals surface area contributed by atoms with Crippen molar-refractivity contribution in [3.63, 3.8) is 0 Å². The van der Waals surface area contributed by atoms with E-state index in [0.717, 1.165) is 20.6 Å². The van der Waals surface area contributed by atoms with Crippen molar-refractivity contribution in [2.75, 3.05) is 22.4 Å². The predicted octanol–water partition coefficient (Wildman–Crippen LogP) is 3.82. The first kappa shape index (κ1) is 18.8. The molecule has 0 spiro atoms. The monoisotopic (exact) mass is 430 g/mol. The Labute approximate surface area is 154 Å². The largest absolute Gasteiger partial charge is 0.324 e. The summed E-state index contributed by atoms with van der Waals surface area (Å²) < 4.78 is 25.9. The SMILES string of the molecule is Cc1cc(Cl)ccc1NC(=O)CN(c1ccc(Br)cc1)S(C)(=O)=O. The number of rotatable bonds is 5. The van der Waals surface area contributed by atoms with Gasteiger partial charge in [0.15, 0.2) is 0 Å². The van der Waals surface area contributed by atoms with Crippen LogP contribution in [-0.4, -0.2) is 27.1 Å². The number of anilines is 2. The maximum absolute atomic E-state index is 12.3. The van der Waals surface area contributed by atoms with Crippen molar-refractivity contribution in [2.24, 2.45) is 0 Å². The second kappa shape index (κ2) is 7.55. The minimum absolute atomic E-state index is 0.317. The van der Waals surface area contributed by atoms with Crippen molar-refractivity contribution in [1.82, 2.24) is 0 Å². The highest BCUT2D eigenvalue weighted by molar-refractivity contribution is 9.10. The lowest BCUT2D eigenvalue weighted by Crippen LogP contribution is -2.37. The number of aryl methyl sites for hydroxylation is 1. The number of nitrogens with one attached hydrogen (secondary N) is 1. The molecule has 0 atom stereocenters. The van der Waals surface area contributed by atoms with Crippen molar-refractivity contribution < 1.29 is 13.2 Å². The maximum Gasteiger partial charge on any atom is 0.245 e. The third kappa shape index (κ3) is 4.96. The highest BCUT2D eigenvalue weighted by Crippen LogP contribution is 2.22. The Kier molecular flexibility index (Phi) is 5.90. The Morgan fingerprint density at radius 2 is 1.83 bits per heavy atom. The first-order chi connectivity index (χ1) is 11.2. The van der Waals surface area contributed by atoms with Crippen LogP contribution in [0.1, 0.15) is 5.56 Å². The molecule has 0 saturated carbocycles. The average Bonchev–Trinajstić information content (AvgIpc) is 2.48. The van der Waals surface area contributed by atoms with Crippen molar-refractivity contribution in [2.45, 2.75) is 6.92 Å². The van der Waals surface area contributed by atoms with Crippen molar-refractivity contribution in [1.29, 1.82) is 0 Å². The van der Waals surface area contributed by atoms with Crippen LogP contribution >= 0.6 is 27.5 Å². The van der Waals surface area contributed by atoms with Gasteiger partial charge in [-0.1, -0.05) is 27.5 Å². The summed E-state index contributed by atoms with van der Waals surface area (Å²) in [6.07, 6.45) is 1.07. The van der Waals surface area contributed by atoms with Gasteiger partial charge in [0.1, 0.15) is 6.54 Å². The first-order valence-electron chi connectivity index (χ1n) is 6.96. The molecule has 0 saturated heterocycles. The molecule has 128 valence electrons. The molecule has 0 unspecified atom stereocenters. The molecule has 0 aliphatic carbocycles. The highest BCUT2D eigenvalue weighted by atomic mass is 79.9. The van der Waals surface area contributed by atoms with Crippen molar-refractivity contribution in [3.05, 3.63) is 57.5 Å². The van der Waals surface area contributed by atoms with E-state index in [1.165, 1.54) is 0 Å². The third-order valence-electron chi connectivity index (χ3n) is 3.26. The van der Waals surface area contributed by atoms with E-state index in [0.29, 0.717) is 16.4 Å². The summed E-state index contributed by atoms with van der Waals surface area (Å²) in [6.45, 7) is 1.49. The van der Waals surface area contributed by atoms with Crippen LogP contribution in [0.25, 0.3) is 0 Å². The van der Waals surface area contributed by atoms with Crippen LogP contribution in [0.4, 0.5) is 11.4 Å². The van der Waals surface area contributed by atoms with Gasteiger partial charge in [0, 0.05) is 15.2 Å². The Morgan fingerprint density at radius 3 is 2.38 bits per heavy atom. The molecular formula is C16H16BrClN2O3S. The fraction of sp³-hybridized carbons (Fsp3) is 0.188. The van der Waals surface area contributed by atoms with E-state index in [-0.39, 0.29) is 6.54 Å². The second-order valence-electron chi connectivity index (χ2n) is 5.25. The molecule has 24 heavy (non-hydrogen) atoms. The summed E-state index contributed by atoms with van der Waals surface area (Å²) in [5.41, 5.74) is 1.81. The summed E-state index contributed by atoms with van der Waals surface area (Å²) in [5.74, 6) is -0.436. The van der Waals surface area contributed by atoms with Crippen LogP contribution in [0.15, 0.2) is 46.9 Å². The lowest BCUT2D eigenvalue weighted by atomic mass is 10.2. The van der Waals surface area contributed by atoms with E-state index in [2.05, 4.69) is 21.2 Å². The molecule has 0 aliphatic heterocycles. The van der Waals surface area contributed by atoms with Crippen LogP contribution in [-0.2, 0) is 14.8 Å². The number of benzene rings is 2. The zero-order valence-electron chi connectivity index (χ0n) is 13.1. The molecule has 0 bridgehead atoms. The number of amides is 1. The van der Waals surface area contributed by atoms with Gasteiger partial charge in [-0.3, -0.25) is 9.10 Å². The summed E-state index contributed by atoms with van der Waals surface area (Å²) >= 11 is 9.18. The fourth-order valence-electron chi connectivity index (χ4n) is 2.09. The van der Waals surface area contributed by atoms with E-state index >= 15 is 0 Å². The molecule has 2 aromatic rings. The van der Waals surface area contributed by atoms with E-state index < -0.39 is 15.9 Å². The molecule has 0 radical (unpaired) electrons. The lowest BCUT2D eigenvalue weighted by Gasteiger charge is -2.22. The number of hydrogen-bond acceptors (Lipinski definition) is 3. The number of sulfonamides is 1. The van der Waals surface area contributed by atoms with Crippen LogP contribution in [0, 0.1) is 6.92 Å². The zero-order chi connectivity index (χ0) is 17.9. The van der Waals surface area contributed by atoms with Gasteiger partial charge in [0.05, 0.1) is 11.9 Å². The molecule has 0 aliphatic rings. The summed E-state index contributed by atoms with van der Waals surface area (Å²) in [7, 11) is -3.60. The number of nitrogens with zero attached hydrogens (tertiary/aromatic N) is 1. The van der Waals surface area contributed by atoms with Gasteiger partial charge in [-0.25, -0.2) is 8.42 Å². The molecule has 0 heterocycles. The van der Waals surface area contributed by atoms with Gasteiger partial charge < -0.3 is 5.32 Å². The van der Waals surface area contributed by atoms with Crippen LogP contribution < -0.4 is 9.62 Å². The lowest BCUT2D eigenvalue weighted by molar-refractivity contribution is -0.114. The topological polar surface area (TPSA) is 66.5 Å². The number of halogens is 2. The van der Waals surface area contributed by atoms with Gasteiger partial charge >= 0.3 is 0 Å². The van der Waals surface area contributed by atoms with Crippen LogP contribution in [0.5, 0.6) is 0 Å². The van der Waals surface area contributed by atoms with Gasteiger partial charge in [-0.15, -0.1) is 0 Å². The standard InChI is InChI=1S/C16H16BrClN2O3S/c1-11-9-13(18)5-8-15(11)19-16(21)10-20(24(2,22)23)14-6-3-12(17)4-7-14/h3-9H,10H2,1-2H3,(H,19,21). The molecule has 5 nitrogen and oxygen atoms in total. The Bertz CT molecular complexity index is 854. The molecule has 1 N–H and O–H groups in total. The van der Waals surface area contributed by atoms with E-state index in [4.69, 9.17) is 11.6 Å². The third-order valence-corrected chi connectivity index (χ3v) is 5.17. The maximum atomic E-state index is 12.3. The van der Waals surface area contributed by atoms with E-state index in [1.807, 2.05) is 6.92 Å². The van der Waals surface area contributed by atoms with Gasteiger partial charge in [-0.05, 0) is 55.0 Å². The number of carbonyl (C=O) groups is 1. The zero-order valence-corrected chi connectivity index (χ0v) is 16.2. The minimum Gasteiger partial charge on any atom is -0.324 e. The summed E-state index contributed by atoms with van der Waals surface area (Å²) in [6, 6.07) is 11.8. The molecular weight excluding hydrogens is 416 g/mol. The molecule has 2 rings (SSSR count). The molecule has 2 aromatic carbocycles. The molecule has 0 aromatic heterocycles. The molecule has 0 fully saturated rings. The first-order valence-corrected chi connectivity index (χ1v) is 9.98. The Morgan fingerprint density at radius 1 is 1.21 bits per heavy atom. The smallest absolute Gasteiger partial charge is 0.245 e. The predicted molar refractivity (Wildman–Crippen MR) is 101 cm³/mol. The Balaban J connectivity index is 2.20. The molecule has 1 amide bonds. The van der Waals surface area contributed by atoms with Gasteiger partial charge in [-0.2, -0.15) is 0 Å². The normalized spacial score (nSPS) is 11.2. The molecule has 8 heteroatoms. The van der Waals surface area contributed by atoms with Crippen molar-refractivity contribution in [3.8, 4) is 0 Å². The summed E-state index contributed by atoms with van der Waals surface area (Å²) in [5, 5.41) is 3.28. The van der Waals surface area contributed by atoms with Gasteiger partial charge in [0.25, 0.3) is 0 Å². The summed E-state index contributed by atoms with van der Waals surface area (Å²) in [4.78, 5) is 12.3. The second-order valence-corrected chi connectivity index (χ2v) is 8.51. The average molecular weight is 432 g/mol. The van der Waals surface area contributed by atoms with E-state index in [9.17, 15) is 13.2 Å². The Hall–Kier alpha value is -1.57. The van der Waals surface area contributed by atoms with Crippen molar-refractivity contribution >= 4 is 54.8 Å². The fourth-order valence-corrected chi connectivity index (χ4v) is 3.44.